The summed E-state index contributed by atoms with van der Waals surface area (Å²) in [4.78, 5) is 148. The zero-order valence-corrected chi connectivity index (χ0v) is 50.6. The van der Waals surface area contributed by atoms with Gasteiger partial charge in [0.25, 0.3) is 0 Å². The number of primary amides is 1. The summed E-state index contributed by atoms with van der Waals surface area (Å²) in [5.74, 6) is -6.90. The lowest BCUT2D eigenvalue weighted by Gasteiger charge is -2.37. The van der Waals surface area contributed by atoms with Crippen molar-refractivity contribution in [2.75, 3.05) is 98.2 Å². The zero-order chi connectivity index (χ0) is 61.9. The van der Waals surface area contributed by atoms with Gasteiger partial charge in [0.15, 0.2) is 0 Å². The van der Waals surface area contributed by atoms with Gasteiger partial charge in [0.1, 0.15) is 26.2 Å². The number of carbonyl (C=O) groups excluding carboxylic acids is 10. The average molecular weight is 1140 g/mol. The molecule has 8 N–H and O–H groups in total. The summed E-state index contributed by atoms with van der Waals surface area (Å²) in [5, 5.41) is 54.7. The number of rotatable bonds is 39. The first-order valence-electron chi connectivity index (χ1n) is 28.1. The van der Waals surface area contributed by atoms with Crippen LogP contribution >= 0.6 is 0 Å². The summed E-state index contributed by atoms with van der Waals surface area (Å²) in [6, 6.07) is -2.32. The van der Waals surface area contributed by atoms with Crippen LogP contribution in [0, 0.1) is 0 Å². The van der Waals surface area contributed by atoms with E-state index in [2.05, 4.69) is 5.32 Å². The molecule has 9 unspecified atom stereocenters. The van der Waals surface area contributed by atoms with Gasteiger partial charge in [0.2, 0.25) is 59.1 Å². The van der Waals surface area contributed by atoms with Crippen molar-refractivity contribution < 1.29 is 73.5 Å². The second-order valence-electron chi connectivity index (χ2n) is 21.7. The topological polar surface area (TPSA) is 339 Å². The number of hydrogen-bond acceptors (Lipinski definition) is 16. The van der Waals surface area contributed by atoms with Crippen LogP contribution < -0.4 is 11.1 Å². The van der Waals surface area contributed by atoms with Crippen molar-refractivity contribution in [3.05, 3.63) is 0 Å². The Kier molecular flexibility index (Phi) is 34.9. The van der Waals surface area contributed by atoms with Crippen LogP contribution in [0.5, 0.6) is 0 Å². The third-order valence-electron chi connectivity index (χ3n) is 13.5. The lowest BCUT2D eigenvalue weighted by molar-refractivity contribution is -0.152. The summed E-state index contributed by atoms with van der Waals surface area (Å²) in [5.41, 5.74) is 5.36. The number of hydrogen-bond donors (Lipinski definition) is 7. The van der Waals surface area contributed by atoms with Crippen LogP contribution in [0.25, 0.3) is 0 Å². The van der Waals surface area contributed by atoms with Gasteiger partial charge in [-0.3, -0.25) is 47.9 Å². The molecule has 0 aliphatic carbocycles. The van der Waals surface area contributed by atoms with Crippen molar-refractivity contribution >= 4 is 59.1 Å². The van der Waals surface area contributed by atoms with Gasteiger partial charge in [-0.15, -0.1) is 0 Å². The van der Waals surface area contributed by atoms with Crippen LogP contribution in [0.3, 0.4) is 0 Å². The molecule has 0 spiro atoms. The Labute approximate surface area is 474 Å². The maximum Gasteiger partial charge on any atom is 0.242 e. The highest BCUT2D eigenvalue weighted by molar-refractivity contribution is 5.94. The lowest BCUT2D eigenvalue weighted by Crippen LogP contribution is -2.56. The molecule has 80 heavy (non-hydrogen) atoms. The summed E-state index contributed by atoms with van der Waals surface area (Å²) in [6.45, 7) is 17.9. The summed E-state index contributed by atoms with van der Waals surface area (Å²) in [6.07, 6.45) is -3.97. The molecule has 26 heteroatoms. The fourth-order valence-electron chi connectivity index (χ4n) is 8.30. The molecule has 0 fully saturated rings. The zero-order valence-electron chi connectivity index (χ0n) is 50.6. The Morgan fingerprint density at radius 1 is 0.325 bits per heavy atom. The van der Waals surface area contributed by atoms with Gasteiger partial charge >= 0.3 is 0 Å². The van der Waals surface area contributed by atoms with Crippen molar-refractivity contribution in [1.82, 2.24) is 49.4 Å². The van der Waals surface area contributed by atoms with Crippen LogP contribution in [0.1, 0.15) is 130 Å². The smallest absolute Gasteiger partial charge is 0.242 e. The second-order valence-corrected chi connectivity index (χ2v) is 21.7. The predicted octanol–water partition coefficient (Wildman–Crippen LogP) is -1.97. The van der Waals surface area contributed by atoms with E-state index in [-0.39, 0.29) is 38.8 Å². The largest absolute Gasteiger partial charge is 0.392 e. The number of nitrogens with one attached hydrogen (secondary N) is 1. The molecule has 0 bridgehead atoms. The molecular weight excluding hydrogens is 1040 g/mol. The predicted molar refractivity (Wildman–Crippen MR) is 300 cm³/mol. The highest BCUT2D eigenvalue weighted by atomic mass is 16.3. The van der Waals surface area contributed by atoms with Crippen LogP contribution in [-0.2, 0) is 47.9 Å². The highest BCUT2D eigenvalue weighted by Gasteiger charge is 2.35. The van der Waals surface area contributed by atoms with Crippen LogP contribution in [0.2, 0.25) is 0 Å². The van der Waals surface area contributed by atoms with E-state index in [1.807, 2.05) is 13.8 Å². The molecule has 0 saturated carbocycles. The molecule has 0 aromatic carbocycles. The molecule has 0 radical (unpaired) electrons. The number of amides is 10. The van der Waals surface area contributed by atoms with Gasteiger partial charge in [-0.2, -0.15) is 0 Å². The van der Waals surface area contributed by atoms with Gasteiger partial charge in [0, 0.05) is 62.9 Å². The first kappa shape index (κ1) is 74.5. The van der Waals surface area contributed by atoms with Crippen molar-refractivity contribution in [2.24, 2.45) is 5.73 Å². The van der Waals surface area contributed by atoms with E-state index in [1.165, 1.54) is 54.2 Å². The maximum atomic E-state index is 14.4. The molecule has 10 amide bonds. The lowest BCUT2D eigenvalue weighted by atomic mass is 10.1. The molecule has 462 valence electrons. The number of aliphatic hydroxyl groups excluding tert-OH is 5. The van der Waals surface area contributed by atoms with E-state index < -0.39 is 179 Å². The fraction of sp³-hybridized carbons (Fsp3) is 0.815. The molecule has 0 aromatic rings. The van der Waals surface area contributed by atoms with Gasteiger partial charge < -0.3 is 80.7 Å². The standard InChI is InChI=1S/C54H101N11O15/c1-16-36(7)62(31-49(75)57(21-40(11)66)26-45(55)71)53(79)33-64(38(9)18-3)52(78)30-61(25-44(15)70)48(74)28-59(23-42(13)68)50(76)32-63(37(8)17-2)54(80)34-65(39(10)19-4)51(77)29-60(24-43(14)69)47(73)27-58(22-41(12)67)46(72)20-56-35(5)6/h35-44,56,66-70H,16-34H2,1-15H3,(H2,55,71). The third kappa shape index (κ3) is 27.8. The molecular formula is C54H101N11O15. The minimum Gasteiger partial charge on any atom is -0.392 e. The molecule has 0 heterocycles. The van der Waals surface area contributed by atoms with E-state index in [9.17, 15) is 73.5 Å². The Hall–Kier alpha value is -5.54. The Morgan fingerprint density at radius 3 is 0.750 bits per heavy atom. The van der Waals surface area contributed by atoms with Gasteiger partial charge in [0.05, 0.1) is 69.8 Å². The minimum atomic E-state index is -1.19. The number of nitrogens with zero attached hydrogens (tertiary/aromatic N) is 9. The van der Waals surface area contributed by atoms with Crippen LogP contribution in [0.15, 0.2) is 0 Å². The first-order valence-corrected chi connectivity index (χ1v) is 28.1. The van der Waals surface area contributed by atoms with E-state index in [4.69, 9.17) is 5.73 Å². The Morgan fingerprint density at radius 2 is 0.525 bits per heavy atom. The SMILES string of the molecule is CCC(C)N(CC(=O)N(CC(N)=O)CC(C)O)C(=O)CN(C(=O)CN(CC(C)O)C(=O)CN(CC(C)O)C(=O)CN(C(=O)CN(C(=O)CN(CC(C)O)C(=O)CN(CC(C)O)C(=O)CNC(C)C)C(C)CC)C(C)CC)C(C)CC. The number of aliphatic hydroxyl groups is 5. The Balaban J connectivity index is 6.86. The quantitative estimate of drug-likeness (QED) is 0.0351. The molecule has 26 nitrogen and oxygen atoms in total. The summed E-state index contributed by atoms with van der Waals surface area (Å²) < 4.78 is 0. The van der Waals surface area contributed by atoms with E-state index in [0.29, 0.717) is 25.7 Å². The average Bonchev–Trinajstić information content (AvgIpc) is 3.36. The molecule has 0 aliphatic heterocycles. The molecule has 0 saturated heterocycles. The second kappa shape index (κ2) is 37.5. The van der Waals surface area contributed by atoms with Crippen molar-refractivity contribution in [3.63, 3.8) is 0 Å². The van der Waals surface area contributed by atoms with Gasteiger partial charge in [-0.05, 0) is 88.0 Å². The van der Waals surface area contributed by atoms with E-state index >= 15 is 0 Å². The first-order chi connectivity index (χ1) is 37.1. The fourth-order valence-corrected chi connectivity index (χ4v) is 8.30. The van der Waals surface area contributed by atoms with Crippen molar-refractivity contribution in [2.45, 2.75) is 190 Å². The number of carbonyl (C=O) groups is 10. The van der Waals surface area contributed by atoms with Crippen molar-refractivity contribution in [1.29, 1.82) is 0 Å². The molecule has 0 rings (SSSR count). The molecule has 0 aliphatic rings. The minimum absolute atomic E-state index is 0.0511. The molecule has 0 aromatic heterocycles. The van der Waals surface area contributed by atoms with E-state index in [1.54, 1.807) is 55.4 Å². The highest BCUT2D eigenvalue weighted by Crippen LogP contribution is 2.15. The molecule has 9 atom stereocenters. The third-order valence-corrected chi connectivity index (χ3v) is 13.5. The van der Waals surface area contributed by atoms with E-state index in [0.717, 1.165) is 24.5 Å². The monoisotopic (exact) mass is 1140 g/mol. The van der Waals surface area contributed by atoms with Crippen LogP contribution in [0.4, 0.5) is 0 Å². The summed E-state index contributed by atoms with van der Waals surface area (Å²) in [7, 11) is 0. The van der Waals surface area contributed by atoms with Gasteiger partial charge in [-0.1, -0.05) is 41.5 Å². The normalized spacial score (nSPS) is 14.7. The maximum absolute atomic E-state index is 14.4. The Bertz CT molecular complexity index is 1990. The number of nitrogens with two attached hydrogens (primary N) is 1. The van der Waals surface area contributed by atoms with Crippen molar-refractivity contribution in [3.8, 4) is 0 Å². The van der Waals surface area contributed by atoms with Crippen LogP contribution in [-0.4, -0.2) is 288 Å². The summed E-state index contributed by atoms with van der Waals surface area (Å²) >= 11 is 0. The van der Waals surface area contributed by atoms with Gasteiger partial charge in [-0.25, -0.2) is 0 Å².